The number of nitrogens with zero attached hydrogens (tertiary/aromatic N) is 2. The molecule has 3 aromatic rings. The number of hydrogen-bond acceptors (Lipinski definition) is 6. The van der Waals surface area contributed by atoms with E-state index in [1.165, 1.54) is 43.4 Å². The number of nitrogens with one attached hydrogen (secondary N) is 2. The highest BCUT2D eigenvalue weighted by atomic mass is 32.2. The summed E-state index contributed by atoms with van der Waals surface area (Å²) in [4.78, 5) is 17.7. The number of urea groups is 1. The van der Waals surface area contributed by atoms with E-state index in [-0.39, 0.29) is 20.8 Å². The van der Waals surface area contributed by atoms with Gasteiger partial charge in [-0.3, -0.25) is 10.2 Å². The van der Waals surface area contributed by atoms with Crippen molar-refractivity contribution >= 4 is 38.2 Å². The van der Waals surface area contributed by atoms with Gasteiger partial charge in [0.15, 0.2) is 5.13 Å². The number of thiazole rings is 1. The molecule has 3 rings (SSSR count). The van der Waals surface area contributed by atoms with E-state index in [1.54, 1.807) is 6.07 Å². The summed E-state index contributed by atoms with van der Waals surface area (Å²) in [6.07, 6.45) is 1.29. The first kappa shape index (κ1) is 21.6. The standard InChI is InChI=1S/C18H16F2N4O4S2/c1-21-30(26,27)15-5-3-4-13(9-15)24(2)18(25)23-17-22-10-16(29-17)28-14-7-11(19)6-12(20)8-14/h3-10,21H,1-2H3,(H,22,23,25). The molecule has 0 bridgehead atoms. The molecular formula is C18H16F2N4O4S2. The van der Waals surface area contributed by atoms with Gasteiger partial charge in [-0.1, -0.05) is 17.4 Å². The van der Waals surface area contributed by atoms with Gasteiger partial charge in [0.2, 0.25) is 15.1 Å². The summed E-state index contributed by atoms with van der Waals surface area (Å²) in [6, 6.07) is 8.01. The van der Waals surface area contributed by atoms with Gasteiger partial charge in [0.05, 0.1) is 11.1 Å². The van der Waals surface area contributed by atoms with Gasteiger partial charge in [-0.15, -0.1) is 0 Å². The Hall–Kier alpha value is -3.09. The van der Waals surface area contributed by atoms with Gasteiger partial charge < -0.3 is 4.74 Å². The quantitative estimate of drug-likeness (QED) is 0.590. The fraction of sp³-hybridized carbons (Fsp3) is 0.111. The first-order valence-electron chi connectivity index (χ1n) is 8.36. The molecular weight excluding hydrogens is 438 g/mol. The molecule has 30 heavy (non-hydrogen) atoms. The molecule has 2 amide bonds. The summed E-state index contributed by atoms with van der Waals surface area (Å²) < 4.78 is 57.9. The van der Waals surface area contributed by atoms with E-state index in [0.717, 1.165) is 29.5 Å². The zero-order chi connectivity index (χ0) is 21.9. The van der Waals surface area contributed by atoms with Crippen molar-refractivity contribution < 1.29 is 26.7 Å². The molecule has 0 radical (unpaired) electrons. The smallest absolute Gasteiger partial charge is 0.327 e. The second kappa shape index (κ2) is 8.73. The number of halogens is 2. The molecule has 1 heterocycles. The van der Waals surface area contributed by atoms with E-state index in [1.807, 2.05) is 0 Å². The van der Waals surface area contributed by atoms with Crippen LogP contribution in [0.2, 0.25) is 0 Å². The summed E-state index contributed by atoms with van der Waals surface area (Å²) in [5.41, 5.74) is 0.340. The van der Waals surface area contributed by atoms with Gasteiger partial charge in [0.1, 0.15) is 17.4 Å². The van der Waals surface area contributed by atoms with Gasteiger partial charge in [-0.25, -0.2) is 31.7 Å². The van der Waals surface area contributed by atoms with Crippen LogP contribution >= 0.6 is 11.3 Å². The molecule has 2 aromatic carbocycles. The van der Waals surface area contributed by atoms with Crippen molar-refractivity contribution in [1.29, 1.82) is 0 Å². The van der Waals surface area contributed by atoms with Crippen LogP contribution in [0.4, 0.5) is 24.4 Å². The lowest BCUT2D eigenvalue weighted by atomic mass is 10.3. The first-order chi connectivity index (χ1) is 14.2. The van der Waals surface area contributed by atoms with Crippen molar-refractivity contribution in [3.63, 3.8) is 0 Å². The van der Waals surface area contributed by atoms with Crippen molar-refractivity contribution in [3.05, 3.63) is 60.3 Å². The fourth-order valence-corrected chi connectivity index (χ4v) is 3.78. The average molecular weight is 454 g/mol. The highest BCUT2D eigenvalue weighted by molar-refractivity contribution is 7.89. The van der Waals surface area contributed by atoms with Crippen molar-refractivity contribution in [3.8, 4) is 10.8 Å². The summed E-state index contributed by atoms with van der Waals surface area (Å²) in [5, 5.41) is 2.93. The molecule has 0 aliphatic heterocycles. The lowest BCUT2D eigenvalue weighted by molar-refractivity contribution is 0.258. The first-order valence-corrected chi connectivity index (χ1v) is 10.7. The Morgan fingerprint density at radius 2 is 1.87 bits per heavy atom. The van der Waals surface area contributed by atoms with Crippen LogP contribution in [0.25, 0.3) is 0 Å². The number of rotatable bonds is 6. The highest BCUT2D eigenvalue weighted by Crippen LogP contribution is 2.31. The number of aromatic nitrogens is 1. The lowest BCUT2D eigenvalue weighted by Crippen LogP contribution is -2.31. The van der Waals surface area contributed by atoms with Crippen LogP contribution in [0.15, 0.2) is 53.6 Å². The summed E-state index contributed by atoms with van der Waals surface area (Å²) in [6.45, 7) is 0. The Balaban J connectivity index is 1.70. The van der Waals surface area contributed by atoms with Gasteiger partial charge in [0, 0.05) is 30.9 Å². The molecule has 0 unspecified atom stereocenters. The fourth-order valence-electron chi connectivity index (χ4n) is 2.34. The van der Waals surface area contributed by atoms with Crippen LogP contribution in [0.5, 0.6) is 10.8 Å². The molecule has 0 aliphatic carbocycles. The number of ether oxygens (including phenoxy) is 1. The largest absolute Gasteiger partial charge is 0.445 e. The highest BCUT2D eigenvalue weighted by Gasteiger charge is 2.17. The van der Waals surface area contributed by atoms with Gasteiger partial charge in [0.25, 0.3) is 0 Å². The van der Waals surface area contributed by atoms with E-state index < -0.39 is 27.7 Å². The number of amides is 2. The van der Waals surface area contributed by atoms with Gasteiger partial charge >= 0.3 is 6.03 Å². The third-order valence-electron chi connectivity index (χ3n) is 3.84. The zero-order valence-corrected chi connectivity index (χ0v) is 17.4. The Bertz CT molecular complexity index is 1160. The minimum Gasteiger partial charge on any atom is -0.445 e. The third-order valence-corrected chi connectivity index (χ3v) is 6.04. The van der Waals surface area contributed by atoms with Crippen molar-refractivity contribution in [2.45, 2.75) is 4.90 Å². The predicted molar refractivity (Wildman–Crippen MR) is 109 cm³/mol. The maximum atomic E-state index is 13.2. The molecule has 0 saturated carbocycles. The summed E-state index contributed by atoms with van der Waals surface area (Å²) in [7, 11) is -0.910. The maximum absolute atomic E-state index is 13.2. The molecule has 1 aromatic heterocycles. The van der Waals surface area contributed by atoms with Crippen molar-refractivity contribution in [2.24, 2.45) is 0 Å². The molecule has 8 nitrogen and oxygen atoms in total. The monoisotopic (exact) mass is 454 g/mol. The van der Waals surface area contributed by atoms with Crippen LogP contribution in [-0.4, -0.2) is 33.5 Å². The van der Waals surface area contributed by atoms with Crippen LogP contribution in [0.3, 0.4) is 0 Å². The number of benzene rings is 2. The minimum atomic E-state index is -3.66. The molecule has 158 valence electrons. The number of carbonyl (C=O) groups excluding carboxylic acids is 1. The predicted octanol–water partition coefficient (Wildman–Crippen LogP) is 3.79. The molecule has 0 fully saturated rings. The van der Waals surface area contributed by atoms with Crippen LogP contribution in [-0.2, 0) is 10.0 Å². The Labute approximate surface area is 175 Å². The average Bonchev–Trinajstić information content (AvgIpc) is 3.13. The van der Waals surface area contributed by atoms with E-state index >= 15 is 0 Å². The van der Waals surface area contributed by atoms with E-state index in [0.29, 0.717) is 5.69 Å². The Morgan fingerprint density at radius 3 is 2.53 bits per heavy atom. The van der Waals surface area contributed by atoms with Crippen LogP contribution < -0.4 is 19.7 Å². The van der Waals surface area contributed by atoms with Gasteiger partial charge in [-0.2, -0.15) is 0 Å². The SMILES string of the molecule is CNS(=O)(=O)c1cccc(N(C)C(=O)Nc2ncc(Oc3cc(F)cc(F)c3)s2)c1. The summed E-state index contributed by atoms with van der Waals surface area (Å²) in [5.74, 6) is -1.62. The van der Waals surface area contributed by atoms with Crippen LogP contribution in [0.1, 0.15) is 0 Å². The topological polar surface area (TPSA) is 101 Å². The number of hydrogen-bond donors (Lipinski definition) is 2. The van der Waals surface area contributed by atoms with Crippen molar-refractivity contribution in [2.75, 3.05) is 24.3 Å². The van der Waals surface area contributed by atoms with Crippen molar-refractivity contribution in [1.82, 2.24) is 9.71 Å². The molecule has 12 heteroatoms. The number of sulfonamides is 1. The second-order valence-corrected chi connectivity index (χ2v) is 8.77. The molecule has 0 spiro atoms. The zero-order valence-electron chi connectivity index (χ0n) is 15.7. The van der Waals surface area contributed by atoms with Gasteiger partial charge in [-0.05, 0) is 25.2 Å². The number of carbonyl (C=O) groups is 1. The Morgan fingerprint density at radius 1 is 1.17 bits per heavy atom. The minimum absolute atomic E-state index is 0.00871. The third kappa shape index (κ3) is 5.09. The van der Waals surface area contributed by atoms with Crippen LogP contribution in [0, 0.1) is 11.6 Å². The van der Waals surface area contributed by atoms with E-state index in [4.69, 9.17) is 4.74 Å². The molecule has 0 atom stereocenters. The molecule has 2 N–H and O–H groups in total. The maximum Gasteiger partial charge on any atom is 0.327 e. The van der Waals surface area contributed by atoms with E-state index in [9.17, 15) is 22.0 Å². The Kier molecular flexibility index (Phi) is 6.29. The second-order valence-electron chi connectivity index (χ2n) is 5.89. The molecule has 0 saturated heterocycles. The molecule has 0 aliphatic rings. The normalized spacial score (nSPS) is 11.2. The number of anilines is 2. The lowest BCUT2D eigenvalue weighted by Gasteiger charge is -2.18. The summed E-state index contributed by atoms with van der Waals surface area (Å²) >= 11 is 0.949. The van der Waals surface area contributed by atoms with E-state index in [2.05, 4.69) is 15.0 Å².